The molecule has 0 aromatic heterocycles. The summed E-state index contributed by atoms with van der Waals surface area (Å²) in [6, 6.07) is 7.47. The summed E-state index contributed by atoms with van der Waals surface area (Å²) in [6.45, 7) is 0.210. The maximum Gasteiger partial charge on any atom is 0.406 e. The number of benzene rings is 1. The number of alkyl carbamates (subject to hydrolysis) is 1. The van der Waals surface area contributed by atoms with Crippen molar-refractivity contribution in [2.75, 3.05) is 20.3 Å². The summed E-state index contributed by atoms with van der Waals surface area (Å²) in [5.41, 5.74) is 0. The number of carbonyl (C=O) groups excluding carboxylic acids is 1. The van der Waals surface area contributed by atoms with Gasteiger partial charge in [0.25, 0.3) is 0 Å². The van der Waals surface area contributed by atoms with Crippen LogP contribution in [0.2, 0.25) is 0 Å². The number of ether oxygens (including phenoxy) is 2. The summed E-state index contributed by atoms with van der Waals surface area (Å²) in [5.74, 6) is 0.683. The topological polar surface area (TPSA) is 67.8 Å². The summed E-state index contributed by atoms with van der Waals surface area (Å²) in [4.78, 5) is 10.7. The number of methoxy groups -OCH3 is 1. The third-order valence-corrected chi connectivity index (χ3v) is 2.64. The van der Waals surface area contributed by atoms with Crippen LogP contribution in [-0.4, -0.2) is 37.6 Å². The second-order valence-corrected chi connectivity index (χ2v) is 4.54. The molecule has 1 aromatic rings. The van der Waals surface area contributed by atoms with Gasteiger partial charge in [-0.2, -0.15) is 0 Å². The van der Waals surface area contributed by atoms with Crippen LogP contribution in [0.4, 0.5) is 4.79 Å². The number of amides is 1. The molecule has 2 N–H and O–H groups in total. The zero-order valence-electron chi connectivity index (χ0n) is 9.35. The third-order valence-electron chi connectivity index (χ3n) is 1.92. The second-order valence-electron chi connectivity index (χ2n) is 3.29. The van der Waals surface area contributed by atoms with Crippen LogP contribution in [0.15, 0.2) is 24.3 Å². The summed E-state index contributed by atoms with van der Waals surface area (Å²) in [5, 5.41) is 11.9. The molecular weight excluding hydrogens is 337 g/mol. The Hall–Kier alpha value is -1.02. The van der Waals surface area contributed by atoms with Crippen molar-refractivity contribution in [3.05, 3.63) is 27.8 Å². The Balaban J connectivity index is 2.25. The molecule has 0 bridgehead atoms. The van der Waals surface area contributed by atoms with Crippen LogP contribution in [0.3, 0.4) is 0 Å². The van der Waals surface area contributed by atoms with E-state index in [2.05, 4.69) is 32.6 Å². The first-order valence-corrected chi connectivity index (χ1v) is 6.08. The average Bonchev–Trinajstić information content (AvgIpc) is 2.35. The molecule has 0 aliphatic carbocycles. The van der Waals surface area contributed by atoms with E-state index in [1.807, 2.05) is 24.3 Å². The SMILES string of the molecule is COC(=O)NCC(O)COc1ccc(I)cc1. The first-order valence-electron chi connectivity index (χ1n) is 5.00. The Labute approximate surface area is 113 Å². The molecule has 94 valence electrons. The Morgan fingerprint density at radius 1 is 1.47 bits per heavy atom. The van der Waals surface area contributed by atoms with E-state index in [9.17, 15) is 9.90 Å². The predicted molar refractivity (Wildman–Crippen MR) is 71.1 cm³/mol. The van der Waals surface area contributed by atoms with Gasteiger partial charge >= 0.3 is 6.09 Å². The van der Waals surface area contributed by atoms with Crippen molar-refractivity contribution < 1.29 is 19.4 Å². The van der Waals surface area contributed by atoms with E-state index in [4.69, 9.17) is 4.74 Å². The molecule has 1 atom stereocenters. The molecule has 0 aliphatic rings. The largest absolute Gasteiger partial charge is 0.491 e. The Morgan fingerprint density at radius 2 is 2.12 bits per heavy atom. The quantitative estimate of drug-likeness (QED) is 0.787. The molecule has 0 radical (unpaired) electrons. The highest BCUT2D eigenvalue weighted by atomic mass is 127. The normalized spacial score (nSPS) is 11.7. The van der Waals surface area contributed by atoms with E-state index in [-0.39, 0.29) is 13.2 Å². The first-order chi connectivity index (χ1) is 8.11. The van der Waals surface area contributed by atoms with Gasteiger partial charge in [-0.15, -0.1) is 0 Å². The minimum Gasteiger partial charge on any atom is -0.491 e. The minimum atomic E-state index is -0.770. The van der Waals surface area contributed by atoms with E-state index in [0.717, 1.165) is 3.57 Å². The molecule has 1 amide bonds. The van der Waals surface area contributed by atoms with Crippen LogP contribution in [0, 0.1) is 3.57 Å². The smallest absolute Gasteiger partial charge is 0.406 e. The molecular formula is C11H14INO4. The fourth-order valence-corrected chi connectivity index (χ4v) is 1.42. The predicted octanol–water partition coefficient (Wildman–Crippen LogP) is 1.39. The standard InChI is InChI=1S/C11H14INO4/c1-16-11(15)13-6-9(14)7-17-10-4-2-8(12)3-5-10/h2-5,9,14H,6-7H2,1H3,(H,13,15). The van der Waals surface area contributed by atoms with Gasteiger partial charge in [0.15, 0.2) is 0 Å². The molecule has 0 spiro atoms. The summed E-state index contributed by atoms with van der Waals surface area (Å²) < 4.78 is 10.8. The number of aliphatic hydroxyl groups is 1. The van der Waals surface area contributed by atoms with Gasteiger partial charge in [-0.05, 0) is 46.9 Å². The van der Waals surface area contributed by atoms with Gasteiger partial charge in [0, 0.05) is 3.57 Å². The molecule has 6 heteroatoms. The van der Waals surface area contributed by atoms with Gasteiger partial charge in [0.2, 0.25) is 0 Å². The van der Waals surface area contributed by atoms with Crippen LogP contribution >= 0.6 is 22.6 Å². The Kier molecular flexibility index (Phi) is 6.06. The van der Waals surface area contributed by atoms with Crippen molar-refractivity contribution in [2.45, 2.75) is 6.10 Å². The first kappa shape index (κ1) is 14.0. The summed E-state index contributed by atoms with van der Waals surface area (Å²) in [7, 11) is 1.27. The van der Waals surface area contributed by atoms with Crippen molar-refractivity contribution in [2.24, 2.45) is 0 Å². The number of hydrogen-bond donors (Lipinski definition) is 2. The minimum absolute atomic E-state index is 0.0943. The Morgan fingerprint density at radius 3 is 2.71 bits per heavy atom. The van der Waals surface area contributed by atoms with E-state index in [1.54, 1.807) is 0 Å². The Bertz CT molecular complexity index is 355. The highest BCUT2D eigenvalue weighted by molar-refractivity contribution is 14.1. The molecule has 0 aliphatic heterocycles. The molecule has 1 unspecified atom stereocenters. The van der Waals surface area contributed by atoms with Crippen molar-refractivity contribution in [3.8, 4) is 5.75 Å². The molecule has 17 heavy (non-hydrogen) atoms. The number of aliphatic hydroxyl groups excluding tert-OH is 1. The summed E-state index contributed by atoms with van der Waals surface area (Å²) >= 11 is 2.20. The van der Waals surface area contributed by atoms with Crippen molar-refractivity contribution in [1.29, 1.82) is 0 Å². The van der Waals surface area contributed by atoms with E-state index < -0.39 is 12.2 Å². The number of carbonyl (C=O) groups is 1. The van der Waals surface area contributed by atoms with Gasteiger partial charge in [-0.1, -0.05) is 0 Å². The molecule has 0 saturated carbocycles. The maximum absolute atomic E-state index is 10.7. The van der Waals surface area contributed by atoms with Crippen molar-refractivity contribution in [1.82, 2.24) is 5.32 Å². The maximum atomic E-state index is 10.7. The zero-order chi connectivity index (χ0) is 12.7. The van der Waals surface area contributed by atoms with Crippen molar-refractivity contribution >= 4 is 28.7 Å². The van der Waals surface area contributed by atoms with E-state index >= 15 is 0 Å². The molecule has 5 nitrogen and oxygen atoms in total. The lowest BCUT2D eigenvalue weighted by atomic mass is 10.3. The second kappa shape index (κ2) is 7.33. The molecule has 0 fully saturated rings. The summed E-state index contributed by atoms with van der Waals surface area (Å²) in [6.07, 6.45) is -1.34. The molecule has 1 aromatic carbocycles. The number of hydrogen-bond acceptors (Lipinski definition) is 4. The average molecular weight is 351 g/mol. The van der Waals surface area contributed by atoms with Crippen LogP contribution in [0.25, 0.3) is 0 Å². The van der Waals surface area contributed by atoms with Gasteiger partial charge in [-0.3, -0.25) is 0 Å². The lowest BCUT2D eigenvalue weighted by molar-refractivity contribution is 0.102. The van der Waals surface area contributed by atoms with Gasteiger partial charge in [0.1, 0.15) is 18.5 Å². The fourth-order valence-electron chi connectivity index (χ4n) is 1.06. The fraction of sp³-hybridized carbons (Fsp3) is 0.364. The van der Waals surface area contributed by atoms with Gasteiger partial charge < -0.3 is 19.9 Å². The molecule has 0 heterocycles. The highest BCUT2D eigenvalue weighted by Gasteiger charge is 2.07. The van der Waals surface area contributed by atoms with Crippen LogP contribution in [-0.2, 0) is 4.74 Å². The van der Waals surface area contributed by atoms with E-state index in [0.29, 0.717) is 5.75 Å². The van der Waals surface area contributed by atoms with Crippen LogP contribution in [0.5, 0.6) is 5.75 Å². The number of rotatable bonds is 5. The van der Waals surface area contributed by atoms with E-state index in [1.165, 1.54) is 7.11 Å². The number of nitrogens with one attached hydrogen (secondary N) is 1. The molecule has 1 rings (SSSR count). The zero-order valence-corrected chi connectivity index (χ0v) is 11.5. The van der Waals surface area contributed by atoms with Gasteiger partial charge in [-0.25, -0.2) is 4.79 Å². The molecule has 0 saturated heterocycles. The van der Waals surface area contributed by atoms with Crippen LogP contribution < -0.4 is 10.1 Å². The van der Waals surface area contributed by atoms with Crippen LogP contribution in [0.1, 0.15) is 0 Å². The third kappa shape index (κ3) is 5.73. The van der Waals surface area contributed by atoms with Crippen molar-refractivity contribution in [3.63, 3.8) is 0 Å². The highest BCUT2D eigenvalue weighted by Crippen LogP contribution is 2.13. The lowest BCUT2D eigenvalue weighted by Gasteiger charge is -2.12. The lowest BCUT2D eigenvalue weighted by Crippen LogP contribution is -2.35. The number of halogens is 1. The van der Waals surface area contributed by atoms with Gasteiger partial charge in [0.05, 0.1) is 13.7 Å². The monoisotopic (exact) mass is 351 g/mol.